The standard InChI is InChI=1S/C21H25N3O4S/c1-27-16-9-6-10-17(28-2)19(16)20(25)24-21(26)23-14-11-12-18(22-13-14)29-15-7-4-3-5-8-15/h6,9-13,15H,3-5,7-8H2,1-2H3,(H2,23,24,25,26). The lowest BCUT2D eigenvalue weighted by molar-refractivity contribution is 0.0961. The van der Waals surface area contributed by atoms with Gasteiger partial charge in [0.15, 0.2) is 0 Å². The molecule has 29 heavy (non-hydrogen) atoms. The number of rotatable bonds is 6. The van der Waals surface area contributed by atoms with E-state index in [0.29, 0.717) is 22.4 Å². The summed E-state index contributed by atoms with van der Waals surface area (Å²) in [6.45, 7) is 0. The molecule has 0 spiro atoms. The number of anilines is 1. The number of aromatic nitrogens is 1. The number of imide groups is 1. The summed E-state index contributed by atoms with van der Waals surface area (Å²) in [5, 5.41) is 6.48. The quantitative estimate of drug-likeness (QED) is 0.723. The van der Waals surface area contributed by atoms with E-state index in [0.717, 1.165) is 5.03 Å². The number of amides is 3. The van der Waals surface area contributed by atoms with Crippen LogP contribution < -0.4 is 20.1 Å². The molecular weight excluding hydrogens is 390 g/mol. The Balaban J connectivity index is 1.58. The summed E-state index contributed by atoms with van der Waals surface area (Å²) in [4.78, 5) is 29.2. The van der Waals surface area contributed by atoms with Gasteiger partial charge in [-0.15, -0.1) is 11.8 Å². The molecular formula is C21H25N3O4S. The molecule has 1 aliphatic rings. The van der Waals surface area contributed by atoms with Gasteiger partial charge >= 0.3 is 6.03 Å². The summed E-state index contributed by atoms with van der Waals surface area (Å²) < 4.78 is 10.4. The van der Waals surface area contributed by atoms with Crippen molar-refractivity contribution in [3.05, 3.63) is 42.1 Å². The van der Waals surface area contributed by atoms with Gasteiger partial charge in [-0.05, 0) is 37.1 Å². The first-order valence-corrected chi connectivity index (χ1v) is 10.4. The Kier molecular flexibility index (Phi) is 7.35. The summed E-state index contributed by atoms with van der Waals surface area (Å²) in [5.41, 5.74) is 0.667. The number of methoxy groups -OCH3 is 2. The predicted octanol–water partition coefficient (Wildman–Crippen LogP) is 4.49. The second-order valence-electron chi connectivity index (χ2n) is 6.71. The molecule has 154 valence electrons. The van der Waals surface area contributed by atoms with Gasteiger partial charge in [-0.3, -0.25) is 10.1 Å². The van der Waals surface area contributed by atoms with Gasteiger partial charge in [-0.25, -0.2) is 9.78 Å². The van der Waals surface area contributed by atoms with Crippen LogP contribution in [0.3, 0.4) is 0 Å². The first kappa shape index (κ1) is 21.0. The minimum Gasteiger partial charge on any atom is -0.496 e. The van der Waals surface area contributed by atoms with Crippen LogP contribution in [0.4, 0.5) is 10.5 Å². The predicted molar refractivity (Wildman–Crippen MR) is 113 cm³/mol. The van der Waals surface area contributed by atoms with Gasteiger partial charge in [0.2, 0.25) is 0 Å². The maximum absolute atomic E-state index is 12.5. The van der Waals surface area contributed by atoms with E-state index in [1.165, 1.54) is 46.3 Å². The molecule has 0 saturated heterocycles. The average Bonchev–Trinajstić information content (AvgIpc) is 2.75. The topological polar surface area (TPSA) is 89.5 Å². The fourth-order valence-corrected chi connectivity index (χ4v) is 4.45. The van der Waals surface area contributed by atoms with E-state index in [1.54, 1.807) is 42.2 Å². The molecule has 1 fully saturated rings. The number of carbonyl (C=O) groups excluding carboxylic acids is 2. The monoisotopic (exact) mass is 415 g/mol. The maximum Gasteiger partial charge on any atom is 0.326 e. The Morgan fingerprint density at radius 2 is 1.72 bits per heavy atom. The summed E-state index contributed by atoms with van der Waals surface area (Å²) in [7, 11) is 2.90. The third-order valence-corrected chi connectivity index (χ3v) is 6.00. The van der Waals surface area contributed by atoms with Crippen LogP contribution in [0.15, 0.2) is 41.6 Å². The number of hydrogen-bond acceptors (Lipinski definition) is 6. The zero-order chi connectivity index (χ0) is 20.6. The average molecular weight is 416 g/mol. The van der Waals surface area contributed by atoms with Crippen molar-refractivity contribution >= 4 is 29.4 Å². The zero-order valence-corrected chi connectivity index (χ0v) is 17.4. The van der Waals surface area contributed by atoms with E-state index in [2.05, 4.69) is 15.6 Å². The summed E-state index contributed by atoms with van der Waals surface area (Å²) in [6.07, 6.45) is 7.93. The minimum absolute atomic E-state index is 0.157. The first-order chi connectivity index (χ1) is 14.1. The Morgan fingerprint density at radius 3 is 2.31 bits per heavy atom. The van der Waals surface area contributed by atoms with Crippen molar-refractivity contribution in [3.8, 4) is 11.5 Å². The molecule has 2 aromatic rings. The van der Waals surface area contributed by atoms with E-state index in [-0.39, 0.29) is 5.56 Å². The van der Waals surface area contributed by atoms with E-state index in [4.69, 9.17) is 9.47 Å². The Bertz CT molecular complexity index is 829. The summed E-state index contributed by atoms with van der Waals surface area (Å²) in [5.74, 6) is 0.0232. The fourth-order valence-electron chi connectivity index (χ4n) is 3.28. The van der Waals surface area contributed by atoms with Gasteiger partial charge in [0, 0.05) is 5.25 Å². The molecule has 0 unspecified atom stereocenters. The van der Waals surface area contributed by atoms with Crippen LogP contribution in [0.25, 0.3) is 0 Å². The number of nitrogens with one attached hydrogen (secondary N) is 2. The Labute approximate surface area is 174 Å². The van der Waals surface area contributed by atoms with Crippen molar-refractivity contribution < 1.29 is 19.1 Å². The van der Waals surface area contributed by atoms with E-state index in [1.807, 2.05) is 6.07 Å². The molecule has 1 heterocycles. The second kappa shape index (κ2) is 10.2. The minimum atomic E-state index is -0.655. The third kappa shape index (κ3) is 5.63. The Hall–Kier alpha value is -2.74. The summed E-state index contributed by atoms with van der Waals surface area (Å²) in [6, 6.07) is 7.97. The lowest BCUT2D eigenvalue weighted by Crippen LogP contribution is -2.34. The molecule has 3 amide bonds. The van der Waals surface area contributed by atoms with Crippen molar-refractivity contribution in [3.63, 3.8) is 0 Å². The number of pyridine rings is 1. The first-order valence-electron chi connectivity index (χ1n) is 9.56. The lowest BCUT2D eigenvalue weighted by Gasteiger charge is -2.20. The van der Waals surface area contributed by atoms with Gasteiger partial charge < -0.3 is 14.8 Å². The highest BCUT2D eigenvalue weighted by atomic mass is 32.2. The van der Waals surface area contributed by atoms with Crippen molar-refractivity contribution in [2.24, 2.45) is 0 Å². The molecule has 2 N–H and O–H groups in total. The number of carbonyl (C=O) groups is 2. The van der Waals surface area contributed by atoms with Crippen molar-refractivity contribution in [1.82, 2.24) is 10.3 Å². The van der Waals surface area contributed by atoms with Crippen LogP contribution in [0.2, 0.25) is 0 Å². The van der Waals surface area contributed by atoms with Crippen LogP contribution in [0.5, 0.6) is 11.5 Å². The van der Waals surface area contributed by atoms with Crippen LogP contribution in [0, 0.1) is 0 Å². The van der Waals surface area contributed by atoms with Gasteiger partial charge in [0.05, 0.1) is 31.1 Å². The zero-order valence-electron chi connectivity index (χ0n) is 16.6. The van der Waals surface area contributed by atoms with Crippen LogP contribution >= 0.6 is 11.8 Å². The van der Waals surface area contributed by atoms with Crippen LogP contribution in [-0.2, 0) is 0 Å². The smallest absolute Gasteiger partial charge is 0.326 e. The lowest BCUT2D eigenvalue weighted by atomic mass is 10.0. The molecule has 0 bridgehead atoms. The molecule has 1 aromatic heterocycles. The fraction of sp³-hybridized carbons (Fsp3) is 0.381. The Morgan fingerprint density at radius 1 is 1.03 bits per heavy atom. The highest BCUT2D eigenvalue weighted by Gasteiger charge is 2.20. The SMILES string of the molecule is COc1cccc(OC)c1C(=O)NC(=O)Nc1ccc(SC2CCCCC2)nc1. The molecule has 7 nitrogen and oxygen atoms in total. The summed E-state index contributed by atoms with van der Waals surface area (Å²) >= 11 is 1.79. The molecule has 8 heteroatoms. The van der Waals surface area contributed by atoms with E-state index >= 15 is 0 Å². The largest absolute Gasteiger partial charge is 0.496 e. The molecule has 1 aromatic carbocycles. The van der Waals surface area contributed by atoms with Gasteiger partial charge in [0.1, 0.15) is 17.1 Å². The number of benzene rings is 1. The van der Waals surface area contributed by atoms with Crippen molar-refractivity contribution in [2.75, 3.05) is 19.5 Å². The van der Waals surface area contributed by atoms with Crippen molar-refractivity contribution in [2.45, 2.75) is 42.4 Å². The molecule has 1 aliphatic carbocycles. The van der Waals surface area contributed by atoms with Crippen LogP contribution in [-0.4, -0.2) is 36.4 Å². The van der Waals surface area contributed by atoms with Gasteiger partial charge in [-0.1, -0.05) is 25.3 Å². The highest BCUT2D eigenvalue weighted by Crippen LogP contribution is 2.32. The van der Waals surface area contributed by atoms with E-state index in [9.17, 15) is 9.59 Å². The number of ether oxygens (including phenoxy) is 2. The van der Waals surface area contributed by atoms with Gasteiger partial charge in [0.25, 0.3) is 5.91 Å². The highest BCUT2D eigenvalue weighted by molar-refractivity contribution is 7.99. The number of thioether (sulfide) groups is 1. The maximum atomic E-state index is 12.5. The van der Waals surface area contributed by atoms with E-state index < -0.39 is 11.9 Å². The number of urea groups is 1. The molecule has 0 aliphatic heterocycles. The van der Waals surface area contributed by atoms with Crippen LogP contribution in [0.1, 0.15) is 42.5 Å². The molecule has 3 rings (SSSR count). The normalized spacial score (nSPS) is 14.1. The van der Waals surface area contributed by atoms with Gasteiger partial charge in [-0.2, -0.15) is 0 Å². The molecule has 1 saturated carbocycles. The number of hydrogen-bond donors (Lipinski definition) is 2. The second-order valence-corrected chi connectivity index (χ2v) is 8.03. The van der Waals surface area contributed by atoms with Crippen molar-refractivity contribution in [1.29, 1.82) is 0 Å². The molecule has 0 radical (unpaired) electrons. The molecule has 0 atom stereocenters. The number of nitrogens with zero attached hydrogens (tertiary/aromatic N) is 1. The third-order valence-electron chi connectivity index (χ3n) is 4.72.